The number of aliphatic imine (C=N–C) groups is 1. The van der Waals surface area contributed by atoms with Crippen molar-refractivity contribution in [3.63, 3.8) is 0 Å². The van der Waals surface area contributed by atoms with Gasteiger partial charge < -0.3 is 10.6 Å². The molecule has 2 N–H and O–H groups in total. The highest BCUT2D eigenvalue weighted by molar-refractivity contribution is 6.07. The Bertz CT molecular complexity index is 432. The van der Waals surface area contributed by atoms with E-state index in [2.05, 4.69) is 11.6 Å². The van der Waals surface area contributed by atoms with Crippen molar-refractivity contribution >= 4 is 22.8 Å². The molecule has 0 unspecified atom stereocenters. The fraction of sp³-hybridized carbons (Fsp3) is 0.182. The first-order chi connectivity index (χ1) is 6.61. The molecule has 1 aliphatic heterocycles. The number of anilines is 2. The summed E-state index contributed by atoms with van der Waals surface area (Å²) < 4.78 is 0. The molecule has 0 aromatic heterocycles. The van der Waals surface area contributed by atoms with E-state index in [1.807, 2.05) is 37.1 Å². The number of nitrogens with two attached hydrogens (primary N) is 1. The molecule has 0 aliphatic carbocycles. The Kier molecular flexibility index (Phi) is 1.81. The Morgan fingerprint density at radius 1 is 1.43 bits per heavy atom. The minimum absolute atomic E-state index is 0.709. The van der Waals surface area contributed by atoms with Crippen molar-refractivity contribution in [2.75, 3.05) is 17.7 Å². The van der Waals surface area contributed by atoms with Crippen LogP contribution in [0.5, 0.6) is 0 Å². The Labute approximate surface area is 83.6 Å². The third-order valence-corrected chi connectivity index (χ3v) is 2.51. The lowest BCUT2D eigenvalue weighted by atomic mass is 10.1. The zero-order valence-corrected chi connectivity index (χ0v) is 8.41. The maximum Gasteiger partial charge on any atom is 0.110 e. The van der Waals surface area contributed by atoms with Gasteiger partial charge in [0.1, 0.15) is 5.69 Å². The van der Waals surface area contributed by atoms with Crippen molar-refractivity contribution in [3.8, 4) is 0 Å². The van der Waals surface area contributed by atoms with Gasteiger partial charge in [0, 0.05) is 7.05 Å². The predicted molar refractivity (Wildman–Crippen MR) is 61.2 cm³/mol. The zero-order valence-electron chi connectivity index (χ0n) is 8.41. The molecule has 72 valence electrons. The molecule has 0 amide bonds. The molecule has 0 bridgehead atoms. The van der Waals surface area contributed by atoms with Gasteiger partial charge in [-0.3, -0.25) is 0 Å². The van der Waals surface area contributed by atoms with Gasteiger partial charge in [0.25, 0.3) is 0 Å². The van der Waals surface area contributed by atoms with Gasteiger partial charge >= 0.3 is 0 Å². The van der Waals surface area contributed by atoms with E-state index >= 15 is 0 Å². The first-order valence-electron chi connectivity index (χ1n) is 4.48. The van der Waals surface area contributed by atoms with Gasteiger partial charge in [-0.15, -0.1) is 0 Å². The average molecular weight is 187 g/mol. The van der Waals surface area contributed by atoms with Gasteiger partial charge in [0.05, 0.1) is 22.8 Å². The number of hydrogen-bond acceptors (Lipinski definition) is 3. The van der Waals surface area contributed by atoms with E-state index in [-0.39, 0.29) is 0 Å². The summed E-state index contributed by atoms with van der Waals surface area (Å²) in [6.45, 7) is 5.90. The lowest BCUT2D eigenvalue weighted by molar-refractivity contribution is 1.13. The maximum absolute atomic E-state index is 5.85. The van der Waals surface area contributed by atoms with Crippen molar-refractivity contribution < 1.29 is 0 Å². The van der Waals surface area contributed by atoms with E-state index in [4.69, 9.17) is 5.73 Å². The summed E-state index contributed by atoms with van der Waals surface area (Å²) in [6, 6.07) is 5.78. The Morgan fingerprint density at radius 2 is 2.14 bits per heavy atom. The minimum Gasteiger partial charge on any atom is -0.397 e. The van der Waals surface area contributed by atoms with Gasteiger partial charge in [0.15, 0.2) is 0 Å². The van der Waals surface area contributed by atoms with Gasteiger partial charge in [-0.1, -0.05) is 12.6 Å². The summed E-state index contributed by atoms with van der Waals surface area (Å²) in [6.07, 6.45) is 0. The van der Waals surface area contributed by atoms with Crippen LogP contribution in [-0.4, -0.2) is 12.8 Å². The molecule has 2 rings (SSSR count). The number of rotatable bonds is 0. The normalized spacial score (nSPS) is 15.1. The molecular formula is C11H13N3. The van der Waals surface area contributed by atoms with Crippen LogP contribution in [0.4, 0.5) is 17.1 Å². The summed E-state index contributed by atoms with van der Waals surface area (Å²) >= 11 is 0. The summed E-state index contributed by atoms with van der Waals surface area (Å²) in [5.41, 5.74) is 10.3. The second kappa shape index (κ2) is 2.87. The number of benzene rings is 1. The molecule has 14 heavy (non-hydrogen) atoms. The molecule has 1 aromatic rings. The van der Waals surface area contributed by atoms with Crippen molar-refractivity contribution in [1.82, 2.24) is 0 Å². The molecule has 1 aromatic carbocycles. The van der Waals surface area contributed by atoms with Crippen molar-refractivity contribution in [3.05, 3.63) is 30.5 Å². The number of fused-ring (bicyclic) bond motifs is 1. The molecule has 0 saturated carbocycles. The van der Waals surface area contributed by atoms with E-state index < -0.39 is 0 Å². The van der Waals surface area contributed by atoms with Gasteiger partial charge in [-0.2, -0.15) is 0 Å². The zero-order chi connectivity index (χ0) is 10.3. The molecule has 0 atom stereocenters. The van der Waals surface area contributed by atoms with Crippen LogP contribution in [-0.2, 0) is 0 Å². The average Bonchev–Trinajstić information content (AvgIpc) is 2.17. The van der Waals surface area contributed by atoms with Gasteiger partial charge in [-0.05, 0) is 19.1 Å². The molecule has 3 heteroatoms. The van der Waals surface area contributed by atoms with Crippen molar-refractivity contribution in [2.24, 2.45) is 4.99 Å². The fourth-order valence-corrected chi connectivity index (χ4v) is 1.56. The second-order valence-corrected chi connectivity index (χ2v) is 3.42. The first-order valence-corrected chi connectivity index (χ1v) is 4.48. The molecule has 0 fully saturated rings. The standard InChI is InChI=1S/C11H13N3/c1-7-8(2)14(3)10-6-4-5-9(12)11(10)13-7/h4-6H,2,12H2,1,3H3. The van der Waals surface area contributed by atoms with Crippen LogP contribution in [0.2, 0.25) is 0 Å². The quantitative estimate of drug-likeness (QED) is 0.633. The topological polar surface area (TPSA) is 41.6 Å². The van der Waals surface area contributed by atoms with Crippen LogP contribution >= 0.6 is 0 Å². The third-order valence-electron chi connectivity index (χ3n) is 2.51. The monoisotopic (exact) mass is 187 g/mol. The Morgan fingerprint density at radius 3 is 2.86 bits per heavy atom. The first kappa shape index (κ1) is 8.81. The molecule has 0 saturated heterocycles. The van der Waals surface area contributed by atoms with Crippen molar-refractivity contribution in [2.45, 2.75) is 6.92 Å². The lowest BCUT2D eigenvalue weighted by Crippen LogP contribution is -2.23. The van der Waals surface area contributed by atoms with Crippen LogP contribution in [0.25, 0.3) is 0 Å². The van der Waals surface area contributed by atoms with Gasteiger partial charge in [-0.25, -0.2) is 4.99 Å². The van der Waals surface area contributed by atoms with Crippen LogP contribution in [0, 0.1) is 0 Å². The van der Waals surface area contributed by atoms with Crippen LogP contribution in [0.1, 0.15) is 6.92 Å². The Balaban J connectivity index is 2.69. The molecule has 1 heterocycles. The van der Waals surface area contributed by atoms with Crippen LogP contribution in [0.3, 0.4) is 0 Å². The smallest absolute Gasteiger partial charge is 0.110 e. The number of nitrogen functional groups attached to an aromatic ring is 1. The summed E-state index contributed by atoms with van der Waals surface area (Å²) in [5.74, 6) is 0. The van der Waals surface area contributed by atoms with E-state index in [9.17, 15) is 0 Å². The van der Waals surface area contributed by atoms with E-state index in [1.165, 1.54) is 0 Å². The highest BCUT2D eigenvalue weighted by Gasteiger charge is 2.18. The van der Waals surface area contributed by atoms with Crippen LogP contribution in [0.15, 0.2) is 35.5 Å². The van der Waals surface area contributed by atoms with Crippen LogP contribution < -0.4 is 10.6 Å². The fourth-order valence-electron chi connectivity index (χ4n) is 1.56. The van der Waals surface area contributed by atoms with E-state index in [0.29, 0.717) is 5.69 Å². The van der Waals surface area contributed by atoms with E-state index in [1.54, 1.807) is 0 Å². The largest absolute Gasteiger partial charge is 0.397 e. The lowest BCUT2D eigenvalue weighted by Gasteiger charge is -2.28. The van der Waals surface area contributed by atoms with Gasteiger partial charge in [0.2, 0.25) is 0 Å². The molecule has 1 aliphatic rings. The highest BCUT2D eigenvalue weighted by Crippen LogP contribution is 2.38. The number of allylic oxidation sites excluding steroid dienone is 1. The molecule has 3 nitrogen and oxygen atoms in total. The molecule has 0 radical (unpaired) electrons. The SMILES string of the molecule is C=C1C(C)=Nc2c(N)cccc2N1C. The summed E-state index contributed by atoms with van der Waals surface area (Å²) in [7, 11) is 1.97. The second-order valence-electron chi connectivity index (χ2n) is 3.42. The summed E-state index contributed by atoms with van der Waals surface area (Å²) in [4.78, 5) is 6.44. The minimum atomic E-state index is 0.709. The third kappa shape index (κ3) is 1.09. The number of hydrogen-bond donors (Lipinski definition) is 1. The molecular weight excluding hydrogens is 174 g/mol. The number of para-hydroxylation sites is 1. The number of nitrogens with zero attached hydrogens (tertiary/aromatic N) is 2. The predicted octanol–water partition coefficient (Wildman–Crippen LogP) is 2.32. The molecule has 0 spiro atoms. The van der Waals surface area contributed by atoms with E-state index in [0.717, 1.165) is 22.8 Å². The van der Waals surface area contributed by atoms with Crippen molar-refractivity contribution in [1.29, 1.82) is 0 Å². The summed E-state index contributed by atoms with van der Waals surface area (Å²) in [5, 5.41) is 0. The Hall–Kier alpha value is -1.77. The highest BCUT2D eigenvalue weighted by atomic mass is 15.2. The maximum atomic E-state index is 5.85.